The lowest BCUT2D eigenvalue weighted by Crippen LogP contribution is -2.21. The lowest BCUT2D eigenvalue weighted by atomic mass is 10.0. The van der Waals surface area contributed by atoms with Gasteiger partial charge in [-0.15, -0.1) is 11.8 Å². The molecule has 2 aromatic rings. The second-order valence-electron chi connectivity index (χ2n) is 6.34. The van der Waals surface area contributed by atoms with Gasteiger partial charge in [0.15, 0.2) is 0 Å². The predicted octanol–water partition coefficient (Wildman–Crippen LogP) is 4.24. The third-order valence-corrected chi connectivity index (χ3v) is 4.75. The summed E-state index contributed by atoms with van der Waals surface area (Å²) in [4.78, 5) is 26.5. The molecule has 0 saturated heterocycles. The number of benzene rings is 2. The van der Waals surface area contributed by atoms with E-state index in [0.717, 1.165) is 4.90 Å². The Labute approximate surface area is 153 Å². The Morgan fingerprint density at radius 1 is 1.00 bits per heavy atom. The molecular weight excluding hydrogens is 332 g/mol. The number of hydrogen-bond acceptors (Lipinski definition) is 3. The summed E-state index contributed by atoms with van der Waals surface area (Å²) < 4.78 is 0. The lowest BCUT2D eigenvalue weighted by Gasteiger charge is -2.11. The molecule has 0 aliphatic rings. The van der Waals surface area contributed by atoms with Crippen LogP contribution in [0.15, 0.2) is 53.4 Å². The van der Waals surface area contributed by atoms with Crippen molar-refractivity contribution < 1.29 is 9.59 Å². The van der Waals surface area contributed by atoms with Gasteiger partial charge in [0, 0.05) is 30.2 Å². The van der Waals surface area contributed by atoms with Gasteiger partial charge in [0.25, 0.3) is 5.91 Å². The number of amides is 2. The summed E-state index contributed by atoms with van der Waals surface area (Å²) in [6, 6.07) is 15.2. The topological polar surface area (TPSA) is 49.4 Å². The van der Waals surface area contributed by atoms with Crippen molar-refractivity contribution in [1.82, 2.24) is 4.90 Å². The van der Waals surface area contributed by atoms with Gasteiger partial charge in [-0.3, -0.25) is 9.59 Å². The van der Waals surface area contributed by atoms with E-state index < -0.39 is 0 Å². The fraction of sp³-hybridized carbons (Fsp3) is 0.300. The molecule has 132 valence electrons. The standard InChI is InChI=1S/C20H24N2O2S/c1-14(2)15-7-11-18(12-8-15)25-13-19(23)21-17-9-5-16(6-10-17)20(24)22(3)4/h5-12,14H,13H2,1-4H3,(H,21,23). The van der Waals surface area contributed by atoms with E-state index in [0.29, 0.717) is 22.9 Å². The minimum Gasteiger partial charge on any atom is -0.345 e. The van der Waals surface area contributed by atoms with E-state index in [-0.39, 0.29) is 11.8 Å². The molecule has 0 bridgehead atoms. The Morgan fingerprint density at radius 2 is 1.60 bits per heavy atom. The van der Waals surface area contributed by atoms with Gasteiger partial charge in [-0.25, -0.2) is 0 Å². The molecule has 0 fully saturated rings. The van der Waals surface area contributed by atoms with Gasteiger partial charge in [-0.1, -0.05) is 26.0 Å². The number of carbonyl (C=O) groups excluding carboxylic acids is 2. The number of rotatable bonds is 6. The maximum absolute atomic E-state index is 12.1. The number of anilines is 1. The quantitative estimate of drug-likeness (QED) is 0.788. The highest BCUT2D eigenvalue weighted by molar-refractivity contribution is 8.00. The van der Waals surface area contributed by atoms with Crippen LogP contribution < -0.4 is 5.32 Å². The zero-order valence-electron chi connectivity index (χ0n) is 15.1. The highest BCUT2D eigenvalue weighted by atomic mass is 32.2. The second kappa shape index (κ2) is 8.72. The molecule has 0 heterocycles. The first-order chi connectivity index (χ1) is 11.9. The maximum atomic E-state index is 12.1. The van der Waals surface area contributed by atoms with Crippen molar-refractivity contribution in [2.24, 2.45) is 0 Å². The van der Waals surface area contributed by atoms with Crippen molar-refractivity contribution in [2.45, 2.75) is 24.7 Å². The average molecular weight is 356 g/mol. The Morgan fingerprint density at radius 3 is 2.12 bits per heavy atom. The Kier molecular flexibility index (Phi) is 6.65. The van der Waals surface area contributed by atoms with E-state index in [9.17, 15) is 9.59 Å². The lowest BCUT2D eigenvalue weighted by molar-refractivity contribution is -0.113. The fourth-order valence-corrected chi connectivity index (χ4v) is 2.95. The van der Waals surface area contributed by atoms with Crippen molar-refractivity contribution in [3.8, 4) is 0 Å². The molecule has 1 N–H and O–H groups in total. The minimum absolute atomic E-state index is 0.0572. The molecule has 5 heteroatoms. The van der Waals surface area contributed by atoms with Crippen LogP contribution in [-0.2, 0) is 4.79 Å². The first-order valence-corrected chi connectivity index (χ1v) is 9.19. The highest BCUT2D eigenvalue weighted by Crippen LogP contribution is 2.22. The third kappa shape index (κ3) is 5.64. The van der Waals surface area contributed by atoms with E-state index in [2.05, 4.69) is 43.4 Å². The van der Waals surface area contributed by atoms with Crippen LogP contribution >= 0.6 is 11.8 Å². The van der Waals surface area contributed by atoms with Crippen LogP contribution in [0.4, 0.5) is 5.69 Å². The largest absolute Gasteiger partial charge is 0.345 e. The summed E-state index contributed by atoms with van der Waals surface area (Å²) in [6.45, 7) is 4.32. The predicted molar refractivity (Wildman–Crippen MR) is 104 cm³/mol. The van der Waals surface area contributed by atoms with Crippen molar-refractivity contribution >= 4 is 29.3 Å². The first-order valence-electron chi connectivity index (χ1n) is 8.21. The first kappa shape index (κ1) is 19.1. The van der Waals surface area contributed by atoms with Crippen molar-refractivity contribution in [3.05, 3.63) is 59.7 Å². The Bertz CT molecular complexity index is 722. The van der Waals surface area contributed by atoms with Crippen molar-refractivity contribution in [3.63, 3.8) is 0 Å². The molecule has 0 saturated carbocycles. The molecule has 0 radical (unpaired) electrons. The number of hydrogen-bond donors (Lipinski definition) is 1. The van der Waals surface area contributed by atoms with Crippen LogP contribution in [0.2, 0.25) is 0 Å². The summed E-state index contributed by atoms with van der Waals surface area (Å²) >= 11 is 1.51. The van der Waals surface area contributed by atoms with Crippen LogP contribution in [0.5, 0.6) is 0 Å². The van der Waals surface area contributed by atoms with Crippen LogP contribution in [0, 0.1) is 0 Å². The van der Waals surface area contributed by atoms with E-state index in [1.165, 1.54) is 22.2 Å². The molecule has 2 aromatic carbocycles. The molecule has 0 unspecified atom stereocenters. The zero-order valence-corrected chi connectivity index (χ0v) is 15.9. The van der Waals surface area contributed by atoms with Gasteiger partial charge >= 0.3 is 0 Å². The van der Waals surface area contributed by atoms with E-state index in [1.807, 2.05) is 0 Å². The molecule has 0 aliphatic carbocycles. The second-order valence-corrected chi connectivity index (χ2v) is 7.39. The molecule has 0 spiro atoms. The monoisotopic (exact) mass is 356 g/mol. The van der Waals surface area contributed by atoms with E-state index >= 15 is 0 Å². The van der Waals surface area contributed by atoms with Gasteiger partial charge in [-0.2, -0.15) is 0 Å². The molecule has 2 rings (SSSR count). The van der Waals surface area contributed by atoms with Crippen molar-refractivity contribution in [1.29, 1.82) is 0 Å². The number of nitrogens with one attached hydrogen (secondary N) is 1. The Balaban J connectivity index is 1.86. The van der Waals surface area contributed by atoms with Crippen LogP contribution in [0.3, 0.4) is 0 Å². The minimum atomic E-state index is -0.0652. The fourth-order valence-electron chi connectivity index (χ4n) is 2.25. The van der Waals surface area contributed by atoms with Gasteiger partial charge < -0.3 is 10.2 Å². The Hall–Kier alpha value is -2.27. The number of thioether (sulfide) groups is 1. The summed E-state index contributed by atoms with van der Waals surface area (Å²) in [6.07, 6.45) is 0. The molecule has 0 atom stereocenters. The molecule has 25 heavy (non-hydrogen) atoms. The maximum Gasteiger partial charge on any atom is 0.253 e. The van der Waals surface area contributed by atoms with Crippen molar-refractivity contribution in [2.75, 3.05) is 25.2 Å². The molecule has 0 aliphatic heterocycles. The summed E-state index contributed by atoms with van der Waals surface area (Å²) in [5, 5.41) is 2.85. The summed E-state index contributed by atoms with van der Waals surface area (Å²) in [5.41, 5.74) is 2.58. The van der Waals surface area contributed by atoms with E-state index in [4.69, 9.17) is 0 Å². The average Bonchev–Trinajstić information content (AvgIpc) is 2.60. The third-order valence-electron chi connectivity index (χ3n) is 3.74. The SMILES string of the molecule is CC(C)c1ccc(SCC(=O)Nc2ccc(C(=O)N(C)C)cc2)cc1. The molecule has 2 amide bonds. The summed E-state index contributed by atoms with van der Waals surface area (Å²) in [7, 11) is 3.42. The van der Waals surface area contributed by atoms with Gasteiger partial charge in [0.05, 0.1) is 5.75 Å². The van der Waals surface area contributed by atoms with Crippen LogP contribution in [-0.4, -0.2) is 36.6 Å². The zero-order chi connectivity index (χ0) is 18.4. The smallest absolute Gasteiger partial charge is 0.253 e. The molecular formula is C20H24N2O2S. The van der Waals surface area contributed by atoms with Gasteiger partial charge in [0.1, 0.15) is 0 Å². The van der Waals surface area contributed by atoms with Gasteiger partial charge in [-0.05, 0) is 47.9 Å². The van der Waals surface area contributed by atoms with Gasteiger partial charge in [0.2, 0.25) is 5.91 Å². The number of nitrogens with zero attached hydrogens (tertiary/aromatic N) is 1. The van der Waals surface area contributed by atoms with E-state index in [1.54, 1.807) is 38.4 Å². The van der Waals surface area contributed by atoms with Crippen LogP contribution in [0.25, 0.3) is 0 Å². The number of carbonyl (C=O) groups is 2. The van der Waals surface area contributed by atoms with Crippen LogP contribution in [0.1, 0.15) is 35.7 Å². The molecule has 4 nitrogen and oxygen atoms in total. The highest BCUT2D eigenvalue weighted by Gasteiger charge is 2.09. The normalized spacial score (nSPS) is 10.6. The molecule has 0 aromatic heterocycles. The summed E-state index contributed by atoms with van der Waals surface area (Å²) in [5.74, 6) is 0.729.